The molecule has 7 heteroatoms. The van der Waals surface area contributed by atoms with Gasteiger partial charge in [-0.25, -0.2) is 4.98 Å². The molecule has 0 aliphatic heterocycles. The second-order valence-electron chi connectivity index (χ2n) is 6.82. The lowest BCUT2D eigenvalue weighted by Crippen LogP contribution is -2.20. The molecule has 0 radical (unpaired) electrons. The zero-order valence-corrected chi connectivity index (χ0v) is 18.1. The number of aromatic nitrogens is 1. The summed E-state index contributed by atoms with van der Waals surface area (Å²) in [6, 6.07) is 24.4. The number of thiazole rings is 1. The molecule has 0 saturated heterocycles. The van der Waals surface area contributed by atoms with E-state index in [1.807, 2.05) is 66.0 Å². The van der Waals surface area contributed by atoms with Crippen LogP contribution in [0.4, 0.5) is 5.69 Å². The van der Waals surface area contributed by atoms with Crippen molar-refractivity contribution in [1.29, 1.82) is 0 Å². The molecule has 4 aromatic rings. The molecule has 0 aliphatic carbocycles. The summed E-state index contributed by atoms with van der Waals surface area (Å²) < 4.78 is 17.4. The Hall–Kier alpha value is -3.84. The summed E-state index contributed by atoms with van der Waals surface area (Å²) in [6.07, 6.45) is 0. The number of carbonyl (C=O) groups excluding carboxylic acids is 1. The van der Waals surface area contributed by atoms with Crippen molar-refractivity contribution in [3.8, 4) is 17.2 Å². The average molecular weight is 447 g/mol. The van der Waals surface area contributed by atoms with Crippen LogP contribution in [0.15, 0.2) is 89.8 Å². The fourth-order valence-corrected chi connectivity index (χ4v) is 3.45. The first-order valence-electron chi connectivity index (χ1n) is 10.1. The van der Waals surface area contributed by atoms with E-state index in [2.05, 4.69) is 10.3 Å². The maximum atomic E-state index is 12.5. The van der Waals surface area contributed by atoms with Crippen LogP contribution in [0.25, 0.3) is 0 Å². The van der Waals surface area contributed by atoms with Crippen molar-refractivity contribution in [1.82, 2.24) is 4.98 Å². The summed E-state index contributed by atoms with van der Waals surface area (Å²) in [6.45, 7) is 0.586. The highest BCUT2D eigenvalue weighted by Crippen LogP contribution is 2.28. The van der Waals surface area contributed by atoms with Crippen LogP contribution in [-0.2, 0) is 18.0 Å². The van der Waals surface area contributed by atoms with E-state index in [1.54, 1.807) is 23.7 Å². The van der Waals surface area contributed by atoms with E-state index >= 15 is 0 Å². The topological polar surface area (TPSA) is 69.7 Å². The maximum absolute atomic E-state index is 12.5. The van der Waals surface area contributed by atoms with Crippen molar-refractivity contribution in [2.24, 2.45) is 0 Å². The second-order valence-corrected chi connectivity index (χ2v) is 7.54. The molecule has 0 saturated carbocycles. The van der Waals surface area contributed by atoms with Crippen LogP contribution in [0.1, 0.15) is 11.3 Å². The van der Waals surface area contributed by atoms with Gasteiger partial charge in [-0.05, 0) is 29.8 Å². The predicted octanol–water partition coefficient (Wildman–Crippen LogP) is 5.32. The largest absolute Gasteiger partial charge is 0.485 e. The third-order valence-electron chi connectivity index (χ3n) is 4.47. The molecule has 0 fully saturated rings. The summed E-state index contributed by atoms with van der Waals surface area (Å²) in [5, 5.41) is 4.76. The molecular formula is C25H22N2O4S. The Bertz CT molecular complexity index is 1130. The van der Waals surface area contributed by atoms with Gasteiger partial charge in [0.1, 0.15) is 19.0 Å². The summed E-state index contributed by atoms with van der Waals surface area (Å²) in [7, 11) is 0. The highest BCUT2D eigenvalue weighted by Gasteiger charge is 2.11. The monoisotopic (exact) mass is 446 g/mol. The lowest BCUT2D eigenvalue weighted by molar-refractivity contribution is -0.118. The molecule has 0 spiro atoms. The van der Waals surface area contributed by atoms with Crippen LogP contribution >= 0.6 is 11.3 Å². The Balaban J connectivity index is 1.33. The van der Waals surface area contributed by atoms with E-state index < -0.39 is 0 Å². The summed E-state index contributed by atoms with van der Waals surface area (Å²) in [5.41, 5.74) is 4.22. The Kier molecular flexibility index (Phi) is 7.34. The van der Waals surface area contributed by atoms with Gasteiger partial charge >= 0.3 is 0 Å². The first-order valence-corrected chi connectivity index (χ1v) is 11.0. The highest BCUT2D eigenvalue weighted by molar-refractivity contribution is 7.07. The molecule has 4 rings (SSSR count). The molecule has 1 aromatic heterocycles. The van der Waals surface area contributed by atoms with Gasteiger partial charge in [-0.2, -0.15) is 0 Å². The SMILES string of the molecule is O=C(COc1ccccc1OCc1ccccc1)Nc1ccccc1OCc1cscn1. The highest BCUT2D eigenvalue weighted by atomic mass is 32.1. The summed E-state index contributed by atoms with van der Waals surface area (Å²) >= 11 is 1.51. The van der Waals surface area contributed by atoms with E-state index in [4.69, 9.17) is 14.2 Å². The van der Waals surface area contributed by atoms with Crippen molar-refractivity contribution in [3.63, 3.8) is 0 Å². The van der Waals surface area contributed by atoms with E-state index in [1.165, 1.54) is 11.3 Å². The van der Waals surface area contributed by atoms with Gasteiger partial charge in [0, 0.05) is 5.38 Å². The summed E-state index contributed by atoms with van der Waals surface area (Å²) in [4.78, 5) is 16.7. The number of nitrogens with one attached hydrogen (secondary N) is 1. The van der Waals surface area contributed by atoms with Crippen molar-refractivity contribution < 1.29 is 19.0 Å². The minimum absolute atomic E-state index is 0.161. The first-order chi connectivity index (χ1) is 15.8. The third kappa shape index (κ3) is 6.09. The molecular weight excluding hydrogens is 424 g/mol. The van der Waals surface area contributed by atoms with E-state index in [0.29, 0.717) is 36.1 Å². The van der Waals surface area contributed by atoms with E-state index in [-0.39, 0.29) is 12.5 Å². The third-order valence-corrected chi connectivity index (χ3v) is 5.10. The molecule has 1 heterocycles. The Morgan fingerprint density at radius 3 is 2.19 bits per heavy atom. The van der Waals surface area contributed by atoms with Gasteiger partial charge in [0.05, 0.1) is 16.9 Å². The number of hydrogen-bond acceptors (Lipinski definition) is 6. The zero-order chi connectivity index (χ0) is 22.0. The molecule has 0 unspecified atom stereocenters. The average Bonchev–Trinajstić information content (AvgIpc) is 3.36. The van der Waals surface area contributed by atoms with Crippen molar-refractivity contribution >= 4 is 22.9 Å². The summed E-state index contributed by atoms with van der Waals surface area (Å²) in [5.74, 6) is 1.36. The van der Waals surface area contributed by atoms with Crippen molar-refractivity contribution in [3.05, 3.63) is 101 Å². The fraction of sp³-hybridized carbons (Fsp3) is 0.120. The Morgan fingerprint density at radius 2 is 1.44 bits per heavy atom. The molecule has 162 valence electrons. The van der Waals surface area contributed by atoms with Crippen LogP contribution in [0.3, 0.4) is 0 Å². The molecule has 1 amide bonds. The van der Waals surface area contributed by atoms with Gasteiger partial charge in [-0.1, -0.05) is 54.6 Å². The smallest absolute Gasteiger partial charge is 0.262 e. The molecule has 1 N–H and O–H groups in total. The number of carbonyl (C=O) groups is 1. The van der Waals surface area contributed by atoms with E-state index in [0.717, 1.165) is 11.3 Å². The molecule has 3 aromatic carbocycles. The van der Waals surface area contributed by atoms with Crippen LogP contribution in [0, 0.1) is 0 Å². The zero-order valence-electron chi connectivity index (χ0n) is 17.3. The first kappa shape index (κ1) is 21.4. The lowest BCUT2D eigenvalue weighted by Gasteiger charge is -2.14. The number of amides is 1. The lowest BCUT2D eigenvalue weighted by atomic mass is 10.2. The number of hydrogen-bond donors (Lipinski definition) is 1. The number of nitrogens with zero attached hydrogens (tertiary/aromatic N) is 1. The van der Waals surface area contributed by atoms with Crippen LogP contribution < -0.4 is 19.5 Å². The predicted molar refractivity (Wildman–Crippen MR) is 124 cm³/mol. The number of rotatable bonds is 10. The minimum atomic E-state index is -0.299. The number of benzene rings is 3. The molecule has 0 aliphatic rings. The number of ether oxygens (including phenoxy) is 3. The van der Waals surface area contributed by atoms with Crippen LogP contribution in [-0.4, -0.2) is 17.5 Å². The van der Waals surface area contributed by atoms with Crippen molar-refractivity contribution in [2.75, 3.05) is 11.9 Å². The van der Waals surface area contributed by atoms with Gasteiger partial charge in [-0.3, -0.25) is 4.79 Å². The van der Waals surface area contributed by atoms with E-state index in [9.17, 15) is 4.79 Å². The fourth-order valence-electron chi connectivity index (χ4n) is 2.91. The minimum Gasteiger partial charge on any atom is -0.485 e. The molecule has 0 atom stereocenters. The van der Waals surface area contributed by atoms with Gasteiger partial charge in [-0.15, -0.1) is 11.3 Å². The molecule has 32 heavy (non-hydrogen) atoms. The standard InChI is InChI=1S/C25H22N2O4S/c28-25(27-21-10-4-5-11-22(21)30-15-20-17-32-18-26-20)16-31-24-13-7-6-12-23(24)29-14-19-8-2-1-3-9-19/h1-13,17-18H,14-16H2,(H,27,28). The van der Waals surface area contributed by atoms with Gasteiger partial charge in [0.25, 0.3) is 5.91 Å². The second kappa shape index (κ2) is 11.0. The maximum Gasteiger partial charge on any atom is 0.262 e. The van der Waals surface area contributed by atoms with Gasteiger partial charge < -0.3 is 19.5 Å². The Labute approximate surface area is 190 Å². The quantitative estimate of drug-likeness (QED) is 0.357. The molecule has 0 bridgehead atoms. The normalized spacial score (nSPS) is 10.4. The Morgan fingerprint density at radius 1 is 0.781 bits per heavy atom. The van der Waals surface area contributed by atoms with Gasteiger partial charge in [0.2, 0.25) is 0 Å². The van der Waals surface area contributed by atoms with Crippen LogP contribution in [0.5, 0.6) is 17.2 Å². The van der Waals surface area contributed by atoms with Crippen molar-refractivity contribution in [2.45, 2.75) is 13.2 Å². The van der Waals surface area contributed by atoms with Crippen LogP contribution in [0.2, 0.25) is 0 Å². The number of para-hydroxylation sites is 4. The molecule has 6 nitrogen and oxygen atoms in total. The number of anilines is 1. The van der Waals surface area contributed by atoms with Gasteiger partial charge in [0.15, 0.2) is 18.1 Å².